The van der Waals surface area contributed by atoms with Crippen molar-refractivity contribution in [3.05, 3.63) is 47.5 Å². The highest BCUT2D eigenvalue weighted by Gasteiger charge is 2.23. The second-order valence-electron chi connectivity index (χ2n) is 6.10. The van der Waals surface area contributed by atoms with Crippen molar-refractivity contribution in [2.75, 3.05) is 19.6 Å². The van der Waals surface area contributed by atoms with E-state index in [1.54, 1.807) is 26.8 Å². The van der Waals surface area contributed by atoms with Crippen LogP contribution >= 0.6 is 0 Å². The SMILES string of the molecule is CCN(CC)S(=O)(=O)c1ccc(C)c(C(=O)NCCc2nccn2C(F)F)c1. The highest BCUT2D eigenvalue weighted by molar-refractivity contribution is 7.89. The minimum absolute atomic E-state index is 0.0418. The monoisotopic (exact) mass is 414 g/mol. The Hall–Kier alpha value is -2.33. The summed E-state index contributed by atoms with van der Waals surface area (Å²) in [6, 6.07) is 4.40. The van der Waals surface area contributed by atoms with Crippen molar-refractivity contribution in [3.8, 4) is 0 Å². The van der Waals surface area contributed by atoms with E-state index in [-0.39, 0.29) is 29.2 Å². The molecule has 10 heteroatoms. The summed E-state index contributed by atoms with van der Waals surface area (Å²) >= 11 is 0. The van der Waals surface area contributed by atoms with Gasteiger partial charge >= 0.3 is 6.55 Å². The number of hydrogen-bond donors (Lipinski definition) is 1. The van der Waals surface area contributed by atoms with Gasteiger partial charge in [-0.2, -0.15) is 13.1 Å². The second kappa shape index (κ2) is 9.24. The van der Waals surface area contributed by atoms with Crippen LogP contribution < -0.4 is 5.32 Å². The first-order valence-electron chi connectivity index (χ1n) is 8.91. The summed E-state index contributed by atoms with van der Waals surface area (Å²) in [5.41, 5.74) is 0.843. The van der Waals surface area contributed by atoms with Gasteiger partial charge in [-0.3, -0.25) is 9.36 Å². The van der Waals surface area contributed by atoms with Gasteiger partial charge in [-0.05, 0) is 24.6 Å². The van der Waals surface area contributed by atoms with Crippen molar-refractivity contribution in [1.29, 1.82) is 0 Å². The third-order valence-electron chi connectivity index (χ3n) is 4.39. The van der Waals surface area contributed by atoms with Gasteiger partial charge in [0.05, 0.1) is 4.90 Å². The molecule has 0 aliphatic rings. The lowest BCUT2D eigenvalue weighted by Gasteiger charge is -2.19. The van der Waals surface area contributed by atoms with Crippen LogP contribution in [0.15, 0.2) is 35.5 Å². The predicted molar refractivity (Wildman–Crippen MR) is 101 cm³/mol. The number of nitrogens with one attached hydrogen (secondary N) is 1. The third kappa shape index (κ3) is 4.74. The number of hydrogen-bond acceptors (Lipinski definition) is 4. The molecule has 0 radical (unpaired) electrons. The Kier molecular flexibility index (Phi) is 7.25. The molecule has 28 heavy (non-hydrogen) atoms. The number of benzene rings is 1. The molecule has 0 bridgehead atoms. The number of aromatic nitrogens is 2. The number of rotatable bonds is 9. The standard InChI is InChI=1S/C18H24F2N4O3S/c1-4-23(5-2)28(26,27)14-7-6-13(3)15(12-14)17(25)22-9-8-16-21-10-11-24(16)18(19)20/h6-7,10-12,18H,4-5,8-9H2,1-3H3,(H,22,25). The summed E-state index contributed by atoms with van der Waals surface area (Å²) in [6.07, 6.45) is 2.57. The first kappa shape index (κ1) is 22.0. The van der Waals surface area contributed by atoms with Gasteiger partial charge in [-0.1, -0.05) is 19.9 Å². The molecule has 0 saturated heterocycles. The smallest absolute Gasteiger partial charge is 0.319 e. The summed E-state index contributed by atoms with van der Waals surface area (Å²) in [4.78, 5) is 16.4. The molecule has 0 fully saturated rings. The van der Waals surface area contributed by atoms with Gasteiger partial charge in [0.2, 0.25) is 10.0 Å². The van der Waals surface area contributed by atoms with E-state index in [0.29, 0.717) is 18.7 Å². The molecular weight excluding hydrogens is 390 g/mol. The van der Waals surface area contributed by atoms with Crippen LogP contribution in [-0.2, 0) is 16.4 Å². The Labute approximate surface area is 163 Å². The highest BCUT2D eigenvalue weighted by Crippen LogP contribution is 2.20. The zero-order valence-electron chi connectivity index (χ0n) is 16.0. The molecule has 0 unspecified atom stereocenters. The summed E-state index contributed by atoms with van der Waals surface area (Å²) in [6.45, 7) is 3.23. The zero-order chi connectivity index (χ0) is 20.9. The van der Waals surface area contributed by atoms with E-state index < -0.39 is 22.5 Å². The molecule has 2 rings (SSSR count). The van der Waals surface area contributed by atoms with Gasteiger partial charge in [-0.25, -0.2) is 13.4 Å². The molecular formula is C18H24F2N4O3S. The largest absolute Gasteiger partial charge is 0.352 e. The van der Waals surface area contributed by atoms with E-state index in [4.69, 9.17) is 0 Å². The molecule has 1 amide bonds. The van der Waals surface area contributed by atoms with Gasteiger partial charge in [0, 0.05) is 44.0 Å². The summed E-state index contributed by atoms with van der Waals surface area (Å²) in [5.74, 6) is -0.311. The van der Waals surface area contributed by atoms with Crippen LogP contribution in [0.5, 0.6) is 0 Å². The first-order chi connectivity index (χ1) is 13.2. The van der Waals surface area contributed by atoms with E-state index in [9.17, 15) is 22.0 Å². The van der Waals surface area contributed by atoms with Gasteiger partial charge in [-0.15, -0.1) is 0 Å². The molecule has 1 aromatic carbocycles. The molecule has 2 aromatic rings. The van der Waals surface area contributed by atoms with Crippen LogP contribution in [0.1, 0.15) is 42.1 Å². The maximum Gasteiger partial charge on any atom is 0.319 e. The number of carbonyl (C=O) groups excluding carboxylic acids is 1. The minimum Gasteiger partial charge on any atom is -0.352 e. The van der Waals surface area contributed by atoms with Gasteiger partial charge in [0.25, 0.3) is 5.91 Å². The second-order valence-corrected chi connectivity index (χ2v) is 8.04. The van der Waals surface area contributed by atoms with E-state index in [1.165, 1.54) is 28.8 Å². The quantitative estimate of drug-likeness (QED) is 0.684. The Morgan fingerprint density at radius 3 is 2.57 bits per heavy atom. The number of nitrogens with zero attached hydrogens (tertiary/aromatic N) is 3. The third-order valence-corrected chi connectivity index (χ3v) is 6.44. The van der Waals surface area contributed by atoms with Crippen molar-refractivity contribution >= 4 is 15.9 Å². The lowest BCUT2D eigenvalue weighted by atomic mass is 10.1. The van der Waals surface area contributed by atoms with Crippen molar-refractivity contribution in [2.45, 2.75) is 38.6 Å². The molecule has 1 N–H and O–H groups in total. The van der Waals surface area contributed by atoms with Gasteiger partial charge in [0.1, 0.15) is 5.82 Å². The fraction of sp³-hybridized carbons (Fsp3) is 0.444. The first-order valence-corrected chi connectivity index (χ1v) is 10.3. The average molecular weight is 414 g/mol. The predicted octanol–water partition coefficient (Wildman–Crippen LogP) is 2.59. The molecule has 0 aliphatic heterocycles. The van der Waals surface area contributed by atoms with Gasteiger partial charge < -0.3 is 5.32 Å². The lowest BCUT2D eigenvalue weighted by Crippen LogP contribution is -2.31. The Morgan fingerprint density at radius 1 is 1.29 bits per heavy atom. The van der Waals surface area contributed by atoms with Crippen molar-refractivity contribution in [2.24, 2.45) is 0 Å². The van der Waals surface area contributed by atoms with Crippen LogP contribution in [-0.4, -0.2) is 47.8 Å². The Morgan fingerprint density at radius 2 is 1.96 bits per heavy atom. The molecule has 1 heterocycles. The van der Waals surface area contributed by atoms with Crippen LogP contribution in [0.3, 0.4) is 0 Å². The summed E-state index contributed by atoms with van der Waals surface area (Å²) in [5, 5.41) is 2.63. The normalized spacial score (nSPS) is 12.0. The molecule has 0 spiro atoms. The maximum atomic E-state index is 12.8. The topological polar surface area (TPSA) is 84.3 Å². The fourth-order valence-corrected chi connectivity index (χ4v) is 4.30. The molecule has 154 valence electrons. The number of carbonyl (C=O) groups is 1. The summed E-state index contributed by atoms with van der Waals surface area (Å²) in [7, 11) is -3.69. The molecule has 0 saturated carbocycles. The van der Waals surface area contributed by atoms with Crippen LogP contribution in [0.4, 0.5) is 8.78 Å². The van der Waals surface area contributed by atoms with E-state index in [1.807, 2.05) is 0 Å². The van der Waals surface area contributed by atoms with Crippen LogP contribution in [0.2, 0.25) is 0 Å². The fourth-order valence-electron chi connectivity index (χ4n) is 2.82. The number of alkyl halides is 2. The van der Waals surface area contributed by atoms with Crippen molar-refractivity contribution < 1.29 is 22.0 Å². The lowest BCUT2D eigenvalue weighted by molar-refractivity contribution is 0.0670. The average Bonchev–Trinajstić information content (AvgIpc) is 3.11. The number of aryl methyl sites for hydroxylation is 1. The van der Waals surface area contributed by atoms with Crippen LogP contribution in [0, 0.1) is 6.92 Å². The number of amides is 1. The number of halogens is 2. The van der Waals surface area contributed by atoms with E-state index in [0.717, 1.165) is 4.57 Å². The van der Waals surface area contributed by atoms with E-state index >= 15 is 0 Å². The Bertz CT molecular complexity index is 925. The number of imidazole rings is 1. The molecule has 7 nitrogen and oxygen atoms in total. The maximum absolute atomic E-state index is 12.8. The molecule has 1 aromatic heterocycles. The van der Waals surface area contributed by atoms with Crippen molar-refractivity contribution in [3.63, 3.8) is 0 Å². The highest BCUT2D eigenvalue weighted by atomic mass is 32.2. The number of sulfonamides is 1. The molecule has 0 atom stereocenters. The van der Waals surface area contributed by atoms with Crippen LogP contribution in [0.25, 0.3) is 0 Å². The van der Waals surface area contributed by atoms with Gasteiger partial charge in [0.15, 0.2) is 0 Å². The van der Waals surface area contributed by atoms with Crippen molar-refractivity contribution in [1.82, 2.24) is 19.2 Å². The molecule has 0 aliphatic carbocycles. The summed E-state index contributed by atoms with van der Waals surface area (Å²) < 4.78 is 53.0. The Balaban J connectivity index is 2.14. The van der Waals surface area contributed by atoms with E-state index in [2.05, 4.69) is 10.3 Å². The zero-order valence-corrected chi connectivity index (χ0v) is 16.8. The minimum atomic E-state index is -3.69.